The van der Waals surface area contributed by atoms with Crippen LogP contribution in [0, 0.1) is 16.2 Å². The number of esters is 2. The van der Waals surface area contributed by atoms with E-state index in [0.717, 1.165) is 0 Å². The van der Waals surface area contributed by atoms with Gasteiger partial charge in [0.05, 0.1) is 29.5 Å². The molecule has 0 amide bonds. The summed E-state index contributed by atoms with van der Waals surface area (Å²) in [5.41, 5.74) is -3.79. The maximum absolute atomic E-state index is 12.4. The summed E-state index contributed by atoms with van der Waals surface area (Å²) in [6.07, 6.45) is -0.601. The molecule has 0 aromatic carbocycles. The molecule has 21 heavy (non-hydrogen) atoms. The number of hydrogen-bond acceptors (Lipinski definition) is 6. The lowest BCUT2D eigenvalue weighted by atomic mass is 9.60. The Labute approximate surface area is 121 Å². The molecule has 6 nitrogen and oxygen atoms in total. The van der Waals surface area contributed by atoms with Crippen molar-refractivity contribution in [3.05, 3.63) is 0 Å². The van der Waals surface area contributed by atoms with Crippen molar-refractivity contribution in [1.82, 2.24) is 0 Å². The van der Waals surface area contributed by atoms with E-state index in [1.165, 1.54) is 0 Å². The topological polar surface area (TPSA) is 82.1 Å². The van der Waals surface area contributed by atoms with E-state index in [9.17, 15) is 14.7 Å². The third-order valence-corrected chi connectivity index (χ3v) is 7.72. The molecule has 7 atom stereocenters. The van der Waals surface area contributed by atoms with Gasteiger partial charge in [-0.15, -0.1) is 0 Å². The number of ether oxygens (including phenoxy) is 3. The molecule has 2 saturated carbocycles. The Kier molecular flexibility index (Phi) is 1.62. The summed E-state index contributed by atoms with van der Waals surface area (Å²) in [7, 11) is 0. The second-order valence-corrected chi connectivity index (χ2v) is 7.88. The van der Waals surface area contributed by atoms with Crippen molar-refractivity contribution in [2.45, 2.75) is 57.0 Å². The lowest BCUT2D eigenvalue weighted by molar-refractivity contribution is -0.334. The molecule has 3 aliphatic heterocycles. The van der Waals surface area contributed by atoms with Crippen molar-refractivity contribution >= 4 is 11.9 Å². The van der Waals surface area contributed by atoms with Crippen LogP contribution in [0.1, 0.15) is 33.6 Å². The molecule has 0 radical (unpaired) electrons. The molecular weight excluding hydrogens is 276 g/mol. The number of aliphatic hydroxyl groups is 1. The Morgan fingerprint density at radius 2 is 1.95 bits per heavy atom. The zero-order valence-corrected chi connectivity index (χ0v) is 12.3. The summed E-state index contributed by atoms with van der Waals surface area (Å²) in [6, 6.07) is 0. The van der Waals surface area contributed by atoms with Crippen LogP contribution in [0.2, 0.25) is 0 Å². The largest absolute Gasteiger partial charge is 0.464 e. The van der Waals surface area contributed by atoms with Crippen molar-refractivity contribution in [3.63, 3.8) is 0 Å². The van der Waals surface area contributed by atoms with Gasteiger partial charge in [0.2, 0.25) is 0 Å². The molecule has 1 spiro atoms. The molecule has 6 heteroatoms. The Hall–Kier alpha value is -1.14. The van der Waals surface area contributed by atoms with Crippen LogP contribution in [0.4, 0.5) is 0 Å². The van der Waals surface area contributed by atoms with E-state index in [4.69, 9.17) is 14.2 Å². The normalized spacial score (nSPS) is 66.3. The molecule has 0 aromatic heterocycles. The van der Waals surface area contributed by atoms with Gasteiger partial charge in [-0.25, -0.2) is 0 Å². The summed E-state index contributed by atoms with van der Waals surface area (Å²) in [6.45, 7) is 5.86. The summed E-state index contributed by atoms with van der Waals surface area (Å²) in [5, 5.41) is 10.5. The van der Waals surface area contributed by atoms with Crippen LogP contribution in [0.25, 0.3) is 0 Å². The molecule has 5 fully saturated rings. The molecule has 0 aromatic rings. The van der Waals surface area contributed by atoms with Gasteiger partial charge < -0.3 is 19.3 Å². The first-order valence-corrected chi connectivity index (χ1v) is 7.45. The van der Waals surface area contributed by atoms with Crippen LogP contribution in [0.5, 0.6) is 0 Å². The van der Waals surface area contributed by atoms with E-state index < -0.39 is 39.7 Å². The maximum Gasteiger partial charge on any atom is 0.315 e. The second kappa shape index (κ2) is 2.74. The Bertz CT molecular complexity index is 632. The number of carbonyl (C=O) groups excluding carboxylic acids is 2. The van der Waals surface area contributed by atoms with E-state index in [1.807, 2.05) is 20.8 Å². The van der Waals surface area contributed by atoms with E-state index >= 15 is 0 Å². The van der Waals surface area contributed by atoms with Crippen molar-refractivity contribution in [2.24, 2.45) is 16.2 Å². The summed E-state index contributed by atoms with van der Waals surface area (Å²) in [4.78, 5) is 24.5. The predicted molar refractivity (Wildman–Crippen MR) is 66.9 cm³/mol. The molecule has 1 N–H and O–H groups in total. The fourth-order valence-electron chi connectivity index (χ4n) is 6.40. The van der Waals surface area contributed by atoms with Crippen LogP contribution < -0.4 is 0 Å². The van der Waals surface area contributed by atoms with Gasteiger partial charge in [-0.3, -0.25) is 9.59 Å². The van der Waals surface area contributed by atoms with Crippen molar-refractivity contribution in [1.29, 1.82) is 0 Å². The van der Waals surface area contributed by atoms with Crippen LogP contribution in [-0.2, 0) is 23.8 Å². The summed E-state index contributed by atoms with van der Waals surface area (Å²) < 4.78 is 17.3. The Morgan fingerprint density at radius 1 is 1.24 bits per heavy atom. The molecule has 5 aliphatic rings. The highest BCUT2D eigenvalue weighted by Crippen LogP contribution is 2.86. The van der Waals surface area contributed by atoms with Crippen LogP contribution in [-0.4, -0.2) is 47.1 Å². The minimum absolute atomic E-state index is 0.208. The van der Waals surface area contributed by atoms with Gasteiger partial charge in [0.15, 0.2) is 0 Å². The number of fused-ring (bicyclic) bond motifs is 2. The lowest BCUT2D eigenvalue weighted by Gasteiger charge is -2.59. The highest BCUT2D eigenvalue weighted by molar-refractivity contribution is 5.86. The van der Waals surface area contributed by atoms with Gasteiger partial charge in [0.1, 0.15) is 23.2 Å². The predicted octanol–water partition coefficient (Wildman–Crippen LogP) is 0.164. The quantitative estimate of drug-likeness (QED) is 0.641. The van der Waals surface area contributed by atoms with E-state index in [2.05, 4.69) is 0 Å². The highest BCUT2D eigenvalue weighted by Gasteiger charge is 2.99. The SMILES string of the molecule is CC12OC3C4(C)C(=O)OCC4(C)C4(CC1O)OC(=O)CC324. The third kappa shape index (κ3) is 0.744. The van der Waals surface area contributed by atoms with Crippen molar-refractivity contribution < 1.29 is 28.9 Å². The molecule has 5 rings (SSSR count). The second-order valence-electron chi connectivity index (χ2n) is 7.88. The zero-order valence-electron chi connectivity index (χ0n) is 12.3. The molecular formula is C15H18O6. The number of rotatable bonds is 0. The molecule has 7 unspecified atom stereocenters. The standard InChI is InChI=1S/C15H18O6/c1-11-6-19-10(18)12(11,2)9-14-5-8(17)20-15(11,14)4-7(16)13(14,3)21-9/h7,9,16H,4-6H2,1-3H3. The van der Waals surface area contributed by atoms with Crippen LogP contribution in [0.15, 0.2) is 0 Å². The maximum atomic E-state index is 12.4. The third-order valence-electron chi connectivity index (χ3n) is 7.72. The van der Waals surface area contributed by atoms with Gasteiger partial charge in [-0.1, -0.05) is 6.92 Å². The van der Waals surface area contributed by atoms with E-state index in [0.29, 0.717) is 6.42 Å². The van der Waals surface area contributed by atoms with Gasteiger partial charge >= 0.3 is 11.9 Å². The van der Waals surface area contributed by atoms with Gasteiger partial charge in [0, 0.05) is 6.42 Å². The molecule has 2 aliphatic carbocycles. The molecule has 3 saturated heterocycles. The lowest BCUT2D eigenvalue weighted by Crippen LogP contribution is -2.72. The van der Waals surface area contributed by atoms with Crippen molar-refractivity contribution in [3.8, 4) is 0 Å². The summed E-state index contributed by atoms with van der Waals surface area (Å²) >= 11 is 0. The zero-order chi connectivity index (χ0) is 15.1. The number of cyclic esters (lactones) is 1. The van der Waals surface area contributed by atoms with E-state index in [-0.39, 0.29) is 25.0 Å². The number of carbonyl (C=O) groups is 2. The molecule has 3 heterocycles. The van der Waals surface area contributed by atoms with Crippen LogP contribution >= 0.6 is 0 Å². The van der Waals surface area contributed by atoms with Crippen molar-refractivity contribution in [2.75, 3.05) is 6.61 Å². The van der Waals surface area contributed by atoms with E-state index in [1.54, 1.807) is 0 Å². The smallest absolute Gasteiger partial charge is 0.315 e. The minimum atomic E-state index is -0.866. The number of aliphatic hydroxyl groups excluding tert-OH is 1. The Morgan fingerprint density at radius 3 is 2.67 bits per heavy atom. The van der Waals surface area contributed by atoms with Crippen LogP contribution in [0.3, 0.4) is 0 Å². The first-order chi connectivity index (χ1) is 9.70. The highest BCUT2D eigenvalue weighted by atomic mass is 16.6. The fourth-order valence-corrected chi connectivity index (χ4v) is 6.40. The first kappa shape index (κ1) is 12.4. The van der Waals surface area contributed by atoms with Gasteiger partial charge in [0.25, 0.3) is 0 Å². The average molecular weight is 294 g/mol. The minimum Gasteiger partial charge on any atom is -0.464 e. The average Bonchev–Trinajstić information content (AvgIpc) is 2.92. The number of hydrogen-bond donors (Lipinski definition) is 1. The molecule has 114 valence electrons. The first-order valence-electron chi connectivity index (χ1n) is 7.45. The Balaban J connectivity index is 1.85. The van der Waals surface area contributed by atoms with Gasteiger partial charge in [-0.05, 0) is 13.8 Å². The fraction of sp³-hybridized carbons (Fsp3) is 0.867. The summed E-state index contributed by atoms with van der Waals surface area (Å²) in [5.74, 6) is -0.540. The monoisotopic (exact) mass is 294 g/mol. The molecule has 0 bridgehead atoms. The van der Waals surface area contributed by atoms with Gasteiger partial charge in [-0.2, -0.15) is 0 Å².